The first-order chi connectivity index (χ1) is 7.25. The van der Waals surface area contributed by atoms with Crippen LogP contribution in [0.5, 0.6) is 0 Å². The van der Waals surface area contributed by atoms with Gasteiger partial charge in [-0.25, -0.2) is 0 Å². The quantitative estimate of drug-likeness (QED) is 0.672. The molecule has 1 aromatic rings. The van der Waals surface area contributed by atoms with Gasteiger partial charge in [0.2, 0.25) is 0 Å². The van der Waals surface area contributed by atoms with E-state index in [4.69, 9.17) is 11.5 Å². The van der Waals surface area contributed by atoms with Gasteiger partial charge in [-0.1, -0.05) is 0 Å². The Hall–Kier alpha value is -1.03. The van der Waals surface area contributed by atoms with Crippen molar-refractivity contribution >= 4 is 28.8 Å². The van der Waals surface area contributed by atoms with Gasteiger partial charge in [-0.15, -0.1) is 0 Å². The highest BCUT2D eigenvalue weighted by Crippen LogP contribution is 2.24. The highest BCUT2D eigenvalue weighted by molar-refractivity contribution is 7.99. The molecule has 1 unspecified atom stereocenters. The fraction of sp³-hybridized carbons (Fsp3) is 0.455. The van der Waals surface area contributed by atoms with Crippen LogP contribution in [0.15, 0.2) is 18.2 Å². The zero-order valence-corrected chi connectivity index (χ0v) is 9.52. The molecular weight excluding hydrogens is 206 g/mol. The molecule has 2 rings (SSSR count). The van der Waals surface area contributed by atoms with Crippen LogP contribution in [-0.4, -0.2) is 17.5 Å². The van der Waals surface area contributed by atoms with Gasteiger partial charge in [0.15, 0.2) is 0 Å². The molecule has 0 saturated carbocycles. The smallest absolute Gasteiger partial charge is 0.0568 e. The van der Waals surface area contributed by atoms with Gasteiger partial charge in [0.1, 0.15) is 0 Å². The Kier molecular flexibility index (Phi) is 3.26. The standard InChI is InChI=1S/C11H17N3S/c12-10-4-3-8(6-11(10)13)14-9-2-1-5-15-7-9/h3-4,6,9,14H,1-2,5,7,12-13H2. The van der Waals surface area contributed by atoms with Gasteiger partial charge in [-0.3, -0.25) is 0 Å². The third-order valence-corrected chi connectivity index (χ3v) is 3.83. The van der Waals surface area contributed by atoms with Gasteiger partial charge in [0, 0.05) is 17.5 Å². The van der Waals surface area contributed by atoms with E-state index >= 15 is 0 Å². The van der Waals surface area contributed by atoms with E-state index in [1.165, 1.54) is 24.3 Å². The zero-order chi connectivity index (χ0) is 10.7. The summed E-state index contributed by atoms with van der Waals surface area (Å²) < 4.78 is 0. The fourth-order valence-corrected chi connectivity index (χ4v) is 2.83. The summed E-state index contributed by atoms with van der Waals surface area (Å²) in [6.45, 7) is 0. The van der Waals surface area contributed by atoms with E-state index in [0.29, 0.717) is 17.4 Å². The van der Waals surface area contributed by atoms with Gasteiger partial charge in [-0.05, 0) is 36.8 Å². The van der Waals surface area contributed by atoms with Crippen LogP contribution >= 0.6 is 11.8 Å². The summed E-state index contributed by atoms with van der Waals surface area (Å²) in [6, 6.07) is 6.33. The predicted molar refractivity (Wildman–Crippen MR) is 69.2 cm³/mol. The molecule has 82 valence electrons. The Balaban J connectivity index is 2.00. The second kappa shape index (κ2) is 4.66. The van der Waals surface area contributed by atoms with Crippen molar-refractivity contribution in [1.82, 2.24) is 0 Å². The van der Waals surface area contributed by atoms with Crippen LogP contribution < -0.4 is 16.8 Å². The molecule has 5 N–H and O–H groups in total. The summed E-state index contributed by atoms with van der Waals surface area (Å²) in [5, 5.41) is 3.49. The Morgan fingerprint density at radius 1 is 1.27 bits per heavy atom. The molecule has 1 saturated heterocycles. The molecule has 4 heteroatoms. The maximum atomic E-state index is 5.76. The van der Waals surface area contributed by atoms with Crippen LogP contribution in [0.1, 0.15) is 12.8 Å². The van der Waals surface area contributed by atoms with Crippen molar-refractivity contribution in [2.24, 2.45) is 0 Å². The maximum Gasteiger partial charge on any atom is 0.0568 e. The first-order valence-electron chi connectivity index (χ1n) is 5.25. The molecule has 1 fully saturated rings. The van der Waals surface area contributed by atoms with Gasteiger partial charge < -0.3 is 16.8 Å². The molecular formula is C11H17N3S. The lowest BCUT2D eigenvalue weighted by Gasteiger charge is -2.23. The zero-order valence-electron chi connectivity index (χ0n) is 8.70. The number of nitrogen functional groups attached to an aromatic ring is 2. The van der Waals surface area contributed by atoms with Crippen LogP contribution in [0.2, 0.25) is 0 Å². The molecule has 1 atom stereocenters. The molecule has 0 aliphatic carbocycles. The number of rotatable bonds is 2. The van der Waals surface area contributed by atoms with Crippen molar-refractivity contribution in [3.05, 3.63) is 18.2 Å². The normalized spacial score (nSPS) is 21.2. The van der Waals surface area contributed by atoms with Gasteiger partial charge >= 0.3 is 0 Å². The van der Waals surface area contributed by atoms with E-state index in [-0.39, 0.29) is 0 Å². The van der Waals surface area contributed by atoms with E-state index in [2.05, 4.69) is 5.32 Å². The molecule has 0 amide bonds. The lowest BCUT2D eigenvalue weighted by Crippen LogP contribution is -2.25. The number of hydrogen-bond acceptors (Lipinski definition) is 4. The molecule has 0 radical (unpaired) electrons. The molecule has 0 spiro atoms. The van der Waals surface area contributed by atoms with Crippen molar-refractivity contribution in [3.63, 3.8) is 0 Å². The lowest BCUT2D eigenvalue weighted by atomic mass is 10.1. The number of nitrogens with one attached hydrogen (secondary N) is 1. The number of nitrogens with two attached hydrogens (primary N) is 2. The summed E-state index contributed by atoms with van der Waals surface area (Å²) in [6.07, 6.45) is 2.55. The average molecular weight is 223 g/mol. The molecule has 1 heterocycles. The minimum atomic E-state index is 0.576. The van der Waals surface area contributed by atoms with Crippen LogP contribution in [0.4, 0.5) is 17.1 Å². The van der Waals surface area contributed by atoms with Gasteiger partial charge in [0.05, 0.1) is 11.4 Å². The average Bonchev–Trinajstić information content (AvgIpc) is 2.25. The Morgan fingerprint density at radius 3 is 2.80 bits per heavy atom. The van der Waals surface area contributed by atoms with E-state index in [1.54, 1.807) is 0 Å². The number of anilines is 3. The van der Waals surface area contributed by atoms with Crippen molar-refractivity contribution in [3.8, 4) is 0 Å². The molecule has 1 aliphatic heterocycles. The molecule has 3 nitrogen and oxygen atoms in total. The van der Waals surface area contributed by atoms with E-state index in [1.807, 2.05) is 30.0 Å². The van der Waals surface area contributed by atoms with Crippen molar-refractivity contribution in [2.45, 2.75) is 18.9 Å². The van der Waals surface area contributed by atoms with Crippen LogP contribution in [0, 0.1) is 0 Å². The molecule has 0 aromatic heterocycles. The largest absolute Gasteiger partial charge is 0.397 e. The predicted octanol–water partition coefficient (Wildman–Crippen LogP) is 2.16. The Labute approximate surface area is 94.6 Å². The summed E-state index contributed by atoms with van der Waals surface area (Å²) in [4.78, 5) is 0. The minimum absolute atomic E-state index is 0.576. The third-order valence-electron chi connectivity index (χ3n) is 2.62. The van der Waals surface area contributed by atoms with Crippen molar-refractivity contribution in [2.75, 3.05) is 28.3 Å². The fourth-order valence-electron chi connectivity index (χ4n) is 1.75. The highest BCUT2D eigenvalue weighted by Gasteiger charge is 2.13. The molecule has 0 bridgehead atoms. The molecule has 1 aliphatic rings. The first kappa shape index (κ1) is 10.5. The number of thioether (sulfide) groups is 1. The van der Waals surface area contributed by atoms with Crippen molar-refractivity contribution < 1.29 is 0 Å². The SMILES string of the molecule is Nc1ccc(NC2CCCSC2)cc1N. The minimum Gasteiger partial charge on any atom is -0.397 e. The van der Waals surface area contributed by atoms with Crippen LogP contribution in [0.3, 0.4) is 0 Å². The van der Waals surface area contributed by atoms with Crippen LogP contribution in [-0.2, 0) is 0 Å². The summed E-state index contributed by atoms with van der Waals surface area (Å²) in [5.74, 6) is 2.48. The highest BCUT2D eigenvalue weighted by atomic mass is 32.2. The van der Waals surface area contributed by atoms with Crippen molar-refractivity contribution in [1.29, 1.82) is 0 Å². The number of benzene rings is 1. The monoisotopic (exact) mass is 223 g/mol. The van der Waals surface area contributed by atoms with E-state index < -0.39 is 0 Å². The van der Waals surface area contributed by atoms with Gasteiger partial charge in [0.25, 0.3) is 0 Å². The first-order valence-corrected chi connectivity index (χ1v) is 6.40. The number of hydrogen-bond donors (Lipinski definition) is 3. The second-order valence-electron chi connectivity index (χ2n) is 3.90. The maximum absolute atomic E-state index is 5.76. The summed E-state index contributed by atoms with van der Waals surface area (Å²) >= 11 is 2.01. The van der Waals surface area contributed by atoms with E-state index in [0.717, 1.165) is 5.69 Å². The Morgan fingerprint density at radius 2 is 2.13 bits per heavy atom. The Bertz CT molecular complexity index is 335. The van der Waals surface area contributed by atoms with E-state index in [9.17, 15) is 0 Å². The van der Waals surface area contributed by atoms with Gasteiger partial charge in [-0.2, -0.15) is 11.8 Å². The van der Waals surface area contributed by atoms with Crippen LogP contribution in [0.25, 0.3) is 0 Å². The topological polar surface area (TPSA) is 64.1 Å². The molecule has 15 heavy (non-hydrogen) atoms. The summed E-state index contributed by atoms with van der Waals surface area (Å²) in [7, 11) is 0. The third kappa shape index (κ3) is 2.72. The summed E-state index contributed by atoms with van der Waals surface area (Å²) in [5.41, 5.74) is 13.8. The lowest BCUT2D eigenvalue weighted by molar-refractivity contribution is 0.685. The molecule has 1 aromatic carbocycles. The second-order valence-corrected chi connectivity index (χ2v) is 5.05.